The number of alkyl halides is 3. The molecule has 2 heterocycles. The van der Waals surface area contributed by atoms with E-state index in [0.717, 1.165) is 43.3 Å². The SMILES string of the molecule is Cc1nc(N[C@H](C)c2cccc(C(O)C(F)(F)F)c2)c2cc(N3CCOCC3)c3c(c2n1)CCC3. The summed E-state index contributed by atoms with van der Waals surface area (Å²) in [7, 11) is 0. The van der Waals surface area contributed by atoms with Crippen molar-refractivity contribution in [3.63, 3.8) is 0 Å². The molecule has 1 saturated heterocycles. The molecule has 0 bridgehead atoms. The molecule has 2 N–H and O–H groups in total. The van der Waals surface area contributed by atoms with Crippen molar-refractivity contribution in [2.45, 2.75) is 51.4 Å². The first-order valence-corrected chi connectivity index (χ1v) is 12.0. The summed E-state index contributed by atoms with van der Waals surface area (Å²) in [5.41, 5.74) is 5.21. The molecule has 3 aromatic rings. The van der Waals surface area contributed by atoms with E-state index < -0.39 is 12.3 Å². The van der Waals surface area contributed by atoms with Gasteiger partial charge in [-0.1, -0.05) is 24.3 Å². The molecular weight excluding hydrogens is 457 g/mol. The Labute approximate surface area is 202 Å². The van der Waals surface area contributed by atoms with E-state index in [9.17, 15) is 18.3 Å². The molecule has 1 unspecified atom stereocenters. The number of benzene rings is 2. The van der Waals surface area contributed by atoms with Crippen LogP contribution in [0.2, 0.25) is 0 Å². The number of fused-ring (bicyclic) bond motifs is 3. The predicted octanol–water partition coefficient (Wildman–Crippen LogP) is 5.03. The molecule has 2 aliphatic rings. The summed E-state index contributed by atoms with van der Waals surface area (Å²) in [4.78, 5) is 11.8. The van der Waals surface area contributed by atoms with Crippen LogP contribution in [0.4, 0.5) is 24.7 Å². The first-order chi connectivity index (χ1) is 16.7. The summed E-state index contributed by atoms with van der Waals surface area (Å²) < 4.78 is 44.7. The largest absolute Gasteiger partial charge is 0.418 e. The molecule has 0 saturated carbocycles. The summed E-state index contributed by atoms with van der Waals surface area (Å²) in [6.07, 6.45) is -4.16. The maximum absolute atomic E-state index is 13.0. The molecule has 9 heteroatoms. The van der Waals surface area contributed by atoms with Gasteiger partial charge in [-0.3, -0.25) is 0 Å². The summed E-state index contributed by atoms with van der Waals surface area (Å²) in [6.45, 7) is 6.78. The van der Waals surface area contributed by atoms with Crippen LogP contribution in [0.3, 0.4) is 0 Å². The van der Waals surface area contributed by atoms with Crippen molar-refractivity contribution in [3.8, 4) is 0 Å². The minimum Gasteiger partial charge on any atom is -0.379 e. The molecule has 2 aromatic carbocycles. The van der Waals surface area contributed by atoms with Gasteiger partial charge >= 0.3 is 6.18 Å². The van der Waals surface area contributed by atoms with Gasteiger partial charge in [-0.25, -0.2) is 9.97 Å². The van der Waals surface area contributed by atoms with Crippen LogP contribution in [0.5, 0.6) is 0 Å². The zero-order chi connectivity index (χ0) is 24.7. The minimum absolute atomic E-state index is 0.181. The van der Waals surface area contributed by atoms with Gasteiger partial charge in [0.1, 0.15) is 11.6 Å². The molecule has 1 aliphatic heterocycles. The Morgan fingerprint density at radius 3 is 2.51 bits per heavy atom. The predicted molar refractivity (Wildman–Crippen MR) is 129 cm³/mol. The van der Waals surface area contributed by atoms with E-state index in [1.54, 1.807) is 6.07 Å². The number of aromatic nitrogens is 2. The number of aryl methyl sites for hydroxylation is 2. The number of hydrogen-bond donors (Lipinski definition) is 2. The molecule has 0 amide bonds. The Morgan fingerprint density at radius 2 is 1.77 bits per heavy atom. The van der Waals surface area contributed by atoms with Crippen molar-refractivity contribution in [2.75, 3.05) is 36.5 Å². The average Bonchev–Trinajstić information content (AvgIpc) is 3.33. The highest BCUT2D eigenvalue weighted by Gasteiger charge is 2.39. The topological polar surface area (TPSA) is 70.5 Å². The molecule has 0 spiro atoms. The fourth-order valence-corrected chi connectivity index (χ4v) is 5.13. The second-order valence-corrected chi connectivity index (χ2v) is 9.30. The first kappa shape index (κ1) is 23.8. The van der Waals surface area contributed by atoms with Gasteiger partial charge in [0.25, 0.3) is 0 Å². The Balaban J connectivity index is 1.53. The van der Waals surface area contributed by atoms with Crippen LogP contribution >= 0.6 is 0 Å². The smallest absolute Gasteiger partial charge is 0.379 e. The number of hydrogen-bond acceptors (Lipinski definition) is 6. The molecule has 1 aliphatic carbocycles. The van der Waals surface area contributed by atoms with Crippen molar-refractivity contribution in [2.24, 2.45) is 0 Å². The number of ether oxygens (including phenoxy) is 1. The Morgan fingerprint density at radius 1 is 1.06 bits per heavy atom. The lowest BCUT2D eigenvalue weighted by Crippen LogP contribution is -2.36. The van der Waals surface area contributed by atoms with Crippen LogP contribution in [-0.2, 0) is 17.6 Å². The average molecular weight is 487 g/mol. The van der Waals surface area contributed by atoms with E-state index >= 15 is 0 Å². The van der Waals surface area contributed by atoms with Crippen molar-refractivity contribution >= 4 is 22.4 Å². The first-order valence-electron chi connectivity index (χ1n) is 12.0. The van der Waals surface area contributed by atoms with Gasteiger partial charge in [0.2, 0.25) is 0 Å². The molecular formula is C26H29F3N4O2. The highest BCUT2D eigenvalue weighted by Crippen LogP contribution is 2.40. The van der Waals surface area contributed by atoms with Gasteiger partial charge < -0.3 is 20.1 Å². The lowest BCUT2D eigenvalue weighted by molar-refractivity contribution is -0.206. The van der Waals surface area contributed by atoms with Gasteiger partial charge in [-0.15, -0.1) is 0 Å². The normalized spacial score (nSPS) is 17.9. The number of morpholine rings is 1. The van der Waals surface area contributed by atoms with E-state index in [0.29, 0.717) is 30.4 Å². The molecule has 5 rings (SSSR count). The van der Waals surface area contributed by atoms with Crippen molar-refractivity contribution in [1.82, 2.24) is 9.97 Å². The number of halogens is 3. The number of nitrogens with one attached hydrogen (secondary N) is 1. The van der Waals surface area contributed by atoms with Gasteiger partial charge in [0.15, 0.2) is 6.10 Å². The third-order valence-electron chi connectivity index (χ3n) is 6.89. The molecule has 35 heavy (non-hydrogen) atoms. The number of nitrogens with zero attached hydrogens (tertiary/aromatic N) is 3. The molecule has 6 nitrogen and oxygen atoms in total. The molecule has 1 fully saturated rings. The fourth-order valence-electron chi connectivity index (χ4n) is 5.13. The Bertz CT molecular complexity index is 1240. The fraction of sp³-hybridized carbons (Fsp3) is 0.462. The number of rotatable bonds is 5. The van der Waals surface area contributed by atoms with E-state index in [2.05, 4.69) is 21.3 Å². The van der Waals surface area contributed by atoms with Gasteiger partial charge in [0.05, 0.1) is 18.7 Å². The van der Waals surface area contributed by atoms with E-state index in [4.69, 9.17) is 9.72 Å². The zero-order valence-electron chi connectivity index (χ0n) is 19.8. The van der Waals surface area contributed by atoms with Crippen LogP contribution in [0.25, 0.3) is 10.9 Å². The second-order valence-electron chi connectivity index (χ2n) is 9.30. The number of anilines is 2. The van der Waals surface area contributed by atoms with Crippen LogP contribution in [-0.4, -0.2) is 47.6 Å². The minimum atomic E-state index is -4.72. The Kier molecular flexibility index (Phi) is 6.31. The highest BCUT2D eigenvalue weighted by atomic mass is 19.4. The molecule has 0 radical (unpaired) electrons. The molecule has 2 atom stereocenters. The maximum Gasteiger partial charge on any atom is 0.418 e. The summed E-state index contributed by atoms with van der Waals surface area (Å²) in [5, 5.41) is 14.0. The highest BCUT2D eigenvalue weighted by molar-refractivity contribution is 5.96. The van der Waals surface area contributed by atoms with E-state index in [1.807, 2.05) is 13.8 Å². The summed E-state index contributed by atoms with van der Waals surface area (Å²) in [5.74, 6) is 1.30. The number of aliphatic hydroxyl groups is 1. The standard InChI is InChI=1S/C26H29F3N4O2/c1-15(17-5-3-6-18(13-17)24(34)26(27,28)29)30-25-21-14-22(33-9-11-35-12-10-33)19-7-4-8-20(19)23(21)31-16(2)32-25/h3,5-6,13-15,24,34H,4,7-12H2,1-2H3,(H,30,31,32)/t15-,24?/m1/s1. The quantitative estimate of drug-likeness (QED) is 0.527. The van der Waals surface area contributed by atoms with Gasteiger partial charge in [-0.05, 0) is 61.4 Å². The van der Waals surface area contributed by atoms with Crippen LogP contribution in [0, 0.1) is 6.92 Å². The zero-order valence-corrected chi connectivity index (χ0v) is 19.8. The monoisotopic (exact) mass is 486 g/mol. The van der Waals surface area contributed by atoms with Crippen LogP contribution in [0.15, 0.2) is 30.3 Å². The lowest BCUT2D eigenvalue weighted by Gasteiger charge is -2.31. The van der Waals surface area contributed by atoms with Crippen molar-refractivity contribution in [1.29, 1.82) is 0 Å². The van der Waals surface area contributed by atoms with Crippen LogP contribution < -0.4 is 10.2 Å². The van der Waals surface area contributed by atoms with E-state index in [1.165, 1.54) is 35.0 Å². The van der Waals surface area contributed by atoms with Crippen molar-refractivity contribution in [3.05, 3.63) is 58.4 Å². The summed E-state index contributed by atoms with van der Waals surface area (Å²) in [6, 6.07) is 7.78. The third kappa shape index (κ3) is 4.67. The molecule has 186 valence electrons. The Hall–Kier alpha value is -2.91. The number of aliphatic hydroxyl groups excluding tert-OH is 1. The second kappa shape index (κ2) is 9.28. The van der Waals surface area contributed by atoms with E-state index in [-0.39, 0.29) is 11.6 Å². The van der Waals surface area contributed by atoms with Crippen LogP contribution in [0.1, 0.15) is 53.6 Å². The summed E-state index contributed by atoms with van der Waals surface area (Å²) >= 11 is 0. The lowest BCUT2D eigenvalue weighted by atomic mass is 10.0. The van der Waals surface area contributed by atoms with Gasteiger partial charge in [-0.2, -0.15) is 13.2 Å². The van der Waals surface area contributed by atoms with Crippen molar-refractivity contribution < 1.29 is 23.0 Å². The third-order valence-corrected chi connectivity index (χ3v) is 6.89. The molecule has 1 aromatic heterocycles. The van der Waals surface area contributed by atoms with Gasteiger partial charge in [0, 0.05) is 30.2 Å². The maximum atomic E-state index is 13.0.